The summed E-state index contributed by atoms with van der Waals surface area (Å²) in [5, 5.41) is 2.48. The highest BCUT2D eigenvalue weighted by Crippen LogP contribution is 2.48. The number of rotatable bonds is 1. The van der Waals surface area contributed by atoms with Gasteiger partial charge in [-0.3, -0.25) is 10.1 Å². The van der Waals surface area contributed by atoms with Crippen molar-refractivity contribution in [1.29, 1.82) is 0 Å². The molecule has 0 saturated carbocycles. The predicted molar refractivity (Wildman–Crippen MR) is 73.7 cm³/mol. The highest BCUT2D eigenvalue weighted by molar-refractivity contribution is 8.09. The first-order valence-corrected chi connectivity index (χ1v) is 6.62. The third-order valence-corrected chi connectivity index (χ3v) is 4.60. The Morgan fingerprint density at radius 1 is 1.33 bits per heavy atom. The molecule has 4 nitrogen and oxygen atoms in total. The molecule has 0 bridgehead atoms. The van der Waals surface area contributed by atoms with E-state index >= 15 is 0 Å². The molecule has 18 heavy (non-hydrogen) atoms. The van der Waals surface area contributed by atoms with E-state index in [4.69, 9.17) is 5.73 Å². The molecule has 3 N–H and O–H groups in total. The molecule has 2 atom stereocenters. The molecule has 1 aromatic carbocycles. The van der Waals surface area contributed by atoms with E-state index < -0.39 is 0 Å². The number of nitrogens with one attached hydrogen (secondary N) is 1. The van der Waals surface area contributed by atoms with Crippen molar-refractivity contribution in [3.63, 3.8) is 0 Å². The van der Waals surface area contributed by atoms with Crippen LogP contribution in [0.5, 0.6) is 0 Å². The van der Waals surface area contributed by atoms with Crippen LogP contribution in [0.25, 0.3) is 4.91 Å². The molecular formula is C13H13N3OS. The topological polar surface area (TPSA) is 67.5 Å². The van der Waals surface area contributed by atoms with Crippen molar-refractivity contribution in [2.75, 3.05) is 0 Å². The summed E-state index contributed by atoms with van der Waals surface area (Å²) in [6, 6.07) is 10.1. The summed E-state index contributed by atoms with van der Waals surface area (Å²) in [5.41, 5.74) is 7.81. The lowest BCUT2D eigenvalue weighted by atomic mass is 9.96. The van der Waals surface area contributed by atoms with Crippen LogP contribution in [0.3, 0.4) is 0 Å². The van der Waals surface area contributed by atoms with Gasteiger partial charge in [0.1, 0.15) is 5.37 Å². The van der Waals surface area contributed by atoms with E-state index in [9.17, 15) is 4.79 Å². The van der Waals surface area contributed by atoms with Crippen LogP contribution in [-0.4, -0.2) is 17.2 Å². The molecule has 0 spiro atoms. The molecule has 0 aromatic heterocycles. The number of thioether (sulfide) groups is 1. The summed E-state index contributed by atoms with van der Waals surface area (Å²) in [6.45, 7) is 2.00. The number of carbonyl (C=O) groups is 1. The van der Waals surface area contributed by atoms with Gasteiger partial charge in [-0.2, -0.15) is 0 Å². The fraction of sp³-hybridized carbons (Fsp3) is 0.231. The van der Waals surface area contributed by atoms with Crippen LogP contribution in [-0.2, 0) is 4.79 Å². The molecule has 2 unspecified atom stereocenters. The van der Waals surface area contributed by atoms with Crippen LogP contribution < -0.4 is 11.1 Å². The molecule has 92 valence electrons. The summed E-state index contributed by atoms with van der Waals surface area (Å²) in [4.78, 5) is 17.4. The lowest BCUT2D eigenvalue weighted by Crippen LogP contribution is -2.47. The molecule has 1 amide bonds. The van der Waals surface area contributed by atoms with Crippen molar-refractivity contribution < 1.29 is 4.79 Å². The normalized spacial score (nSPS) is 26.7. The van der Waals surface area contributed by atoms with Crippen molar-refractivity contribution in [2.45, 2.75) is 12.3 Å². The summed E-state index contributed by atoms with van der Waals surface area (Å²) >= 11 is 1.61. The molecule has 3 rings (SSSR count). The van der Waals surface area contributed by atoms with Crippen LogP contribution in [0.15, 0.2) is 40.9 Å². The molecule has 0 aliphatic carbocycles. The molecule has 0 radical (unpaired) electrons. The number of carbonyl (C=O) groups excluding carboxylic acids is 1. The number of benzene rings is 1. The lowest BCUT2D eigenvalue weighted by Gasteiger charge is -2.22. The number of hydrogen-bond donors (Lipinski definition) is 2. The average Bonchev–Trinajstić information content (AvgIpc) is 2.67. The molecule has 2 aliphatic heterocycles. The van der Waals surface area contributed by atoms with Gasteiger partial charge >= 0.3 is 0 Å². The summed E-state index contributed by atoms with van der Waals surface area (Å²) in [7, 11) is 0. The van der Waals surface area contributed by atoms with Crippen LogP contribution in [0.4, 0.5) is 0 Å². The van der Waals surface area contributed by atoms with Crippen molar-refractivity contribution >= 4 is 28.5 Å². The number of guanidine groups is 1. The Morgan fingerprint density at radius 3 is 2.78 bits per heavy atom. The zero-order chi connectivity index (χ0) is 12.7. The smallest absolute Gasteiger partial charge is 0.236 e. The van der Waals surface area contributed by atoms with Crippen molar-refractivity contribution in [3.05, 3.63) is 41.5 Å². The van der Waals surface area contributed by atoms with Gasteiger partial charge in [-0.1, -0.05) is 42.1 Å². The maximum absolute atomic E-state index is 12.0. The monoisotopic (exact) mass is 259 g/mol. The van der Waals surface area contributed by atoms with Crippen LogP contribution in [0.1, 0.15) is 12.5 Å². The van der Waals surface area contributed by atoms with E-state index in [1.807, 2.05) is 37.3 Å². The lowest BCUT2D eigenvalue weighted by molar-refractivity contribution is -0.122. The van der Waals surface area contributed by atoms with Crippen LogP contribution in [0, 0.1) is 5.92 Å². The van der Waals surface area contributed by atoms with Gasteiger partial charge in [0.15, 0.2) is 5.96 Å². The summed E-state index contributed by atoms with van der Waals surface area (Å²) < 4.78 is 0. The molecule has 2 heterocycles. The Kier molecular flexibility index (Phi) is 2.63. The Morgan fingerprint density at radius 2 is 2.06 bits per heavy atom. The van der Waals surface area contributed by atoms with Gasteiger partial charge in [0.25, 0.3) is 0 Å². The number of fused-ring (bicyclic) bond motifs is 1. The first-order chi connectivity index (χ1) is 8.66. The number of nitrogens with zero attached hydrogens (tertiary/aromatic N) is 1. The van der Waals surface area contributed by atoms with Gasteiger partial charge in [-0.25, -0.2) is 4.99 Å². The van der Waals surface area contributed by atoms with Crippen LogP contribution in [0.2, 0.25) is 0 Å². The first kappa shape index (κ1) is 11.3. The standard InChI is InChI=1S/C13H13N3OS/c1-7-9-11(17)15-13(14)16-12(9)18-10(7)8-5-3-2-4-6-8/h2-6,9,12H,1H3,(H3,14,15,16,17). The van der Waals surface area contributed by atoms with Gasteiger partial charge < -0.3 is 5.73 Å². The quantitative estimate of drug-likeness (QED) is 0.804. The average molecular weight is 259 g/mol. The van der Waals surface area contributed by atoms with Gasteiger partial charge in [0.05, 0.1) is 5.92 Å². The predicted octanol–water partition coefficient (Wildman–Crippen LogP) is 1.55. The Balaban J connectivity index is 2.02. The van der Waals surface area contributed by atoms with Crippen molar-refractivity contribution in [2.24, 2.45) is 16.6 Å². The zero-order valence-corrected chi connectivity index (χ0v) is 10.7. The minimum Gasteiger partial charge on any atom is -0.370 e. The van der Waals surface area contributed by atoms with Gasteiger partial charge in [0.2, 0.25) is 5.91 Å². The van der Waals surface area contributed by atoms with Crippen molar-refractivity contribution in [3.8, 4) is 0 Å². The van der Waals surface area contributed by atoms with E-state index in [-0.39, 0.29) is 23.2 Å². The number of hydrogen-bond acceptors (Lipinski definition) is 4. The molecule has 0 saturated heterocycles. The maximum atomic E-state index is 12.0. The van der Waals surface area contributed by atoms with Gasteiger partial charge in [-0.15, -0.1) is 0 Å². The highest BCUT2D eigenvalue weighted by Gasteiger charge is 2.41. The maximum Gasteiger partial charge on any atom is 0.236 e. The van der Waals surface area contributed by atoms with E-state index in [1.165, 1.54) is 0 Å². The number of aliphatic imine (C=N–C) groups is 1. The van der Waals surface area contributed by atoms with E-state index in [0.717, 1.165) is 16.0 Å². The minimum absolute atomic E-state index is 0.0524. The van der Waals surface area contributed by atoms with Gasteiger partial charge in [-0.05, 0) is 18.1 Å². The van der Waals surface area contributed by atoms with E-state index in [2.05, 4.69) is 10.3 Å². The SMILES string of the molecule is CC1=C(c2ccccc2)SC2N=C(N)NC(=O)C12. The van der Waals surface area contributed by atoms with Gasteiger partial charge in [0, 0.05) is 4.91 Å². The third-order valence-electron chi connectivity index (χ3n) is 3.18. The molecule has 0 fully saturated rings. The van der Waals surface area contributed by atoms with E-state index in [0.29, 0.717) is 0 Å². The molecule has 2 aliphatic rings. The van der Waals surface area contributed by atoms with Crippen molar-refractivity contribution in [1.82, 2.24) is 5.32 Å². The summed E-state index contributed by atoms with van der Waals surface area (Å²) in [5.74, 6) is -0.0307. The fourth-order valence-corrected chi connectivity index (χ4v) is 3.78. The number of amides is 1. The Labute approximate surface area is 109 Å². The molecule has 5 heteroatoms. The second kappa shape index (κ2) is 4.17. The second-order valence-electron chi connectivity index (χ2n) is 4.37. The minimum atomic E-state index is -0.197. The first-order valence-electron chi connectivity index (χ1n) is 5.74. The number of nitrogens with two attached hydrogens (primary N) is 1. The van der Waals surface area contributed by atoms with Crippen LogP contribution >= 0.6 is 11.8 Å². The second-order valence-corrected chi connectivity index (χ2v) is 5.49. The fourth-order valence-electron chi connectivity index (χ4n) is 2.32. The van der Waals surface area contributed by atoms with E-state index in [1.54, 1.807) is 11.8 Å². The largest absolute Gasteiger partial charge is 0.370 e. The zero-order valence-electron chi connectivity index (χ0n) is 9.88. The summed E-state index contributed by atoms with van der Waals surface area (Å²) in [6.07, 6.45) is 0. The Bertz CT molecular complexity index is 565. The highest BCUT2D eigenvalue weighted by atomic mass is 32.2. The third kappa shape index (κ3) is 1.71. The molecule has 1 aromatic rings. The molecular weight excluding hydrogens is 246 g/mol. The Hall–Kier alpha value is -1.75.